The molecular weight excluding hydrogens is 448 g/mol. The number of Topliss-reactive ketones (excluding diaryl/α,β-unsaturated/α-hetero) is 2. The second-order valence-corrected chi connectivity index (χ2v) is 9.02. The van der Waals surface area contributed by atoms with E-state index in [1.165, 1.54) is 19.2 Å². The first-order valence-corrected chi connectivity index (χ1v) is 11.8. The summed E-state index contributed by atoms with van der Waals surface area (Å²) in [7, 11) is 1.54. The number of allylic oxidation sites excluding steroid dienone is 4. The average molecular weight is 475 g/mol. The van der Waals surface area contributed by atoms with E-state index in [2.05, 4.69) is 5.32 Å². The van der Waals surface area contributed by atoms with Crippen LogP contribution >= 0.6 is 0 Å². The summed E-state index contributed by atoms with van der Waals surface area (Å²) in [5, 5.41) is 14.5. The number of ether oxygens (including phenoxy) is 2. The summed E-state index contributed by atoms with van der Waals surface area (Å²) < 4.78 is 11.5. The van der Waals surface area contributed by atoms with Crippen LogP contribution in [0.3, 0.4) is 0 Å². The van der Waals surface area contributed by atoms with Crippen molar-refractivity contribution in [3.8, 4) is 11.5 Å². The van der Waals surface area contributed by atoms with Gasteiger partial charge in [0.15, 0.2) is 23.1 Å². The number of nitrogens with zero attached hydrogens (tertiary/aromatic N) is 1. The molecule has 0 saturated heterocycles. The fraction of sp³-hybridized carbons (Fsp3) is 0.333. The number of hydrogen-bond acceptors (Lipinski definition) is 7. The molecule has 0 unspecified atom stereocenters. The van der Waals surface area contributed by atoms with Crippen LogP contribution in [-0.4, -0.2) is 23.6 Å². The van der Waals surface area contributed by atoms with E-state index in [9.17, 15) is 19.7 Å². The summed E-state index contributed by atoms with van der Waals surface area (Å²) >= 11 is 0. The van der Waals surface area contributed by atoms with Crippen LogP contribution in [0.1, 0.15) is 55.6 Å². The molecule has 0 fully saturated rings. The van der Waals surface area contributed by atoms with Crippen molar-refractivity contribution < 1.29 is 24.0 Å². The Morgan fingerprint density at radius 3 is 2.26 bits per heavy atom. The van der Waals surface area contributed by atoms with Gasteiger partial charge in [-0.25, -0.2) is 0 Å². The van der Waals surface area contributed by atoms with Gasteiger partial charge in [0.1, 0.15) is 6.61 Å². The van der Waals surface area contributed by atoms with Gasteiger partial charge in [-0.05, 0) is 48.9 Å². The number of benzene rings is 2. The number of carbonyl (C=O) groups excluding carboxylic acids is 2. The molecule has 2 aromatic carbocycles. The summed E-state index contributed by atoms with van der Waals surface area (Å²) in [4.78, 5) is 36.6. The first kappa shape index (κ1) is 22.8. The molecule has 2 aliphatic carbocycles. The molecule has 0 aromatic heterocycles. The highest BCUT2D eigenvalue weighted by Crippen LogP contribution is 2.46. The highest BCUT2D eigenvalue weighted by molar-refractivity contribution is 6.06. The third-order valence-electron chi connectivity index (χ3n) is 6.83. The van der Waals surface area contributed by atoms with Gasteiger partial charge in [0, 0.05) is 53.4 Å². The molecule has 0 saturated carbocycles. The molecule has 2 aromatic rings. The van der Waals surface area contributed by atoms with Crippen molar-refractivity contribution in [2.24, 2.45) is 0 Å². The molecular formula is C27H26N2O6. The van der Waals surface area contributed by atoms with E-state index >= 15 is 0 Å². The van der Waals surface area contributed by atoms with Gasteiger partial charge in [-0.15, -0.1) is 0 Å². The number of ketones is 2. The molecule has 1 aliphatic heterocycles. The molecule has 3 aliphatic rings. The lowest BCUT2D eigenvalue weighted by molar-refractivity contribution is -0.384. The van der Waals surface area contributed by atoms with Crippen LogP contribution in [0.4, 0.5) is 5.69 Å². The van der Waals surface area contributed by atoms with Crippen molar-refractivity contribution >= 4 is 17.3 Å². The second-order valence-electron chi connectivity index (χ2n) is 9.02. The average Bonchev–Trinajstić information content (AvgIpc) is 2.86. The Bertz CT molecular complexity index is 1250. The molecule has 0 bridgehead atoms. The third-order valence-corrected chi connectivity index (χ3v) is 6.83. The van der Waals surface area contributed by atoms with Gasteiger partial charge in [0.2, 0.25) is 0 Å². The lowest BCUT2D eigenvalue weighted by Gasteiger charge is -2.37. The van der Waals surface area contributed by atoms with Crippen molar-refractivity contribution in [3.63, 3.8) is 0 Å². The van der Waals surface area contributed by atoms with Crippen LogP contribution in [0.2, 0.25) is 0 Å². The first-order valence-electron chi connectivity index (χ1n) is 11.8. The molecule has 1 N–H and O–H groups in total. The molecule has 0 amide bonds. The minimum absolute atomic E-state index is 0.00165. The third kappa shape index (κ3) is 4.32. The van der Waals surface area contributed by atoms with Crippen LogP contribution in [0.5, 0.6) is 11.5 Å². The van der Waals surface area contributed by atoms with Crippen molar-refractivity contribution in [1.82, 2.24) is 5.32 Å². The van der Waals surface area contributed by atoms with E-state index in [4.69, 9.17) is 9.47 Å². The van der Waals surface area contributed by atoms with Crippen molar-refractivity contribution in [3.05, 3.63) is 86.2 Å². The predicted molar refractivity (Wildman–Crippen MR) is 128 cm³/mol. The normalized spacial score (nSPS) is 18.1. The Morgan fingerprint density at radius 1 is 0.943 bits per heavy atom. The molecule has 8 heteroatoms. The fourth-order valence-corrected chi connectivity index (χ4v) is 5.22. The Kier molecular flexibility index (Phi) is 6.11. The molecule has 8 nitrogen and oxygen atoms in total. The quantitative estimate of drug-likeness (QED) is 0.469. The fourth-order valence-electron chi connectivity index (χ4n) is 5.22. The number of non-ortho nitro benzene ring substituents is 1. The van der Waals surface area contributed by atoms with Gasteiger partial charge in [0.25, 0.3) is 5.69 Å². The van der Waals surface area contributed by atoms with Gasteiger partial charge >= 0.3 is 0 Å². The number of rotatable bonds is 6. The molecule has 0 spiro atoms. The standard InChI is InChI=1S/C27H26N2O6/c1-34-24-14-17(11-12-23(24)35-15-16-5-2-6-18(13-16)29(32)33)25-26-19(7-3-9-21(26)30)28-20-8-4-10-22(31)27(20)25/h2,5-6,11-14,25,28H,3-4,7-10,15H2,1H3. The van der Waals surface area contributed by atoms with Crippen molar-refractivity contribution in [1.29, 1.82) is 0 Å². The highest BCUT2D eigenvalue weighted by Gasteiger charge is 2.40. The number of methoxy groups -OCH3 is 1. The number of carbonyl (C=O) groups is 2. The van der Waals surface area contributed by atoms with Gasteiger partial charge in [-0.2, -0.15) is 0 Å². The van der Waals surface area contributed by atoms with Crippen LogP contribution in [0.25, 0.3) is 0 Å². The lowest BCUT2D eigenvalue weighted by Crippen LogP contribution is -2.36. The number of nitro benzene ring substituents is 1. The second kappa shape index (κ2) is 9.37. The monoisotopic (exact) mass is 474 g/mol. The Morgan fingerprint density at radius 2 is 1.63 bits per heavy atom. The van der Waals surface area contributed by atoms with Crippen molar-refractivity contribution in [2.75, 3.05) is 7.11 Å². The zero-order valence-electron chi connectivity index (χ0n) is 19.5. The van der Waals surface area contributed by atoms with Gasteiger partial charge in [0.05, 0.1) is 12.0 Å². The molecule has 35 heavy (non-hydrogen) atoms. The summed E-state index contributed by atoms with van der Waals surface area (Å²) in [6.07, 6.45) is 4.17. The molecule has 180 valence electrons. The summed E-state index contributed by atoms with van der Waals surface area (Å²) in [5.74, 6) is 0.700. The zero-order valence-corrected chi connectivity index (χ0v) is 19.5. The molecule has 0 atom stereocenters. The van der Waals surface area contributed by atoms with Gasteiger partial charge in [-0.1, -0.05) is 18.2 Å². The van der Waals surface area contributed by atoms with E-state index in [1.54, 1.807) is 18.2 Å². The zero-order chi connectivity index (χ0) is 24.5. The maximum Gasteiger partial charge on any atom is 0.269 e. The maximum absolute atomic E-state index is 13.0. The van der Waals surface area contributed by atoms with Crippen LogP contribution in [0.15, 0.2) is 65.0 Å². The summed E-state index contributed by atoms with van der Waals surface area (Å²) in [6, 6.07) is 11.8. The number of hydrogen-bond donors (Lipinski definition) is 1. The molecule has 1 heterocycles. The van der Waals surface area contributed by atoms with Gasteiger partial charge < -0.3 is 14.8 Å². The molecule has 0 radical (unpaired) electrons. The minimum atomic E-state index is -0.442. The largest absolute Gasteiger partial charge is 0.493 e. The van der Waals surface area contributed by atoms with Crippen LogP contribution < -0.4 is 14.8 Å². The highest BCUT2D eigenvalue weighted by atomic mass is 16.6. The van der Waals surface area contributed by atoms with E-state index < -0.39 is 10.8 Å². The van der Waals surface area contributed by atoms with Crippen LogP contribution in [-0.2, 0) is 16.2 Å². The smallest absolute Gasteiger partial charge is 0.269 e. The minimum Gasteiger partial charge on any atom is -0.493 e. The first-order chi connectivity index (χ1) is 17.0. The Hall–Kier alpha value is -3.94. The van der Waals surface area contributed by atoms with E-state index in [-0.39, 0.29) is 23.9 Å². The summed E-state index contributed by atoms with van der Waals surface area (Å²) in [6.45, 7) is 0.131. The van der Waals surface area contributed by atoms with Crippen molar-refractivity contribution in [2.45, 2.75) is 51.0 Å². The topological polar surface area (TPSA) is 108 Å². The Balaban J connectivity index is 1.48. The lowest BCUT2D eigenvalue weighted by atomic mass is 9.71. The molecule has 5 rings (SSSR count). The van der Waals surface area contributed by atoms with Gasteiger partial charge in [-0.3, -0.25) is 19.7 Å². The predicted octanol–water partition coefficient (Wildman–Crippen LogP) is 4.88. The number of nitro groups is 1. The number of dihydropyridines is 1. The van der Waals surface area contributed by atoms with Crippen LogP contribution in [0, 0.1) is 10.1 Å². The SMILES string of the molecule is COc1cc(C2C3=C(CCCC3=O)NC3=C2C(=O)CCC3)ccc1OCc1cccc([N+](=O)[O-])c1. The Labute approximate surface area is 202 Å². The van der Waals surface area contributed by atoms with E-state index in [1.807, 2.05) is 12.1 Å². The summed E-state index contributed by atoms with van der Waals surface area (Å²) in [5.41, 5.74) is 4.73. The number of nitrogens with one attached hydrogen (secondary N) is 1. The van der Waals surface area contributed by atoms with E-state index in [0.717, 1.165) is 42.6 Å². The van der Waals surface area contributed by atoms with E-state index in [0.29, 0.717) is 41.1 Å². The maximum atomic E-state index is 13.0.